The molecule has 0 aromatic carbocycles. The molecule has 0 bridgehead atoms. The van der Waals surface area contributed by atoms with Crippen LogP contribution in [0.25, 0.3) is 0 Å². The first-order valence-electron chi connectivity index (χ1n) is 6.00. The topological polar surface area (TPSA) is 24.1 Å². The van der Waals surface area contributed by atoms with Crippen molar-refractivity contribution in [1.29, 1.82) is 0 Å². The quantitative estimate of drug-likeness (QED) is 0.588. The third-order valence-corrected chi connectivity index (χ3v) is 2.95. The van der Waals surface area contributed by atoms with Crippen LogP contribution in [0, 0.1) is 0 Å². The summed E-state index contributed by atoms with van der Waals surface area (Å²) in [5.74, 6) is 0. The van der Waals surface area contributed by atoms with Crippen molar-refractivity contribution in [2.45, 2.75) is 65.5 Å². The summed E-state index contributed by atoms with van der Waals surface area (Å²) in [5.41, 5.74) is 0.302. The van der Waals surface area contributed by atoms with Crippen molar-refractivity contribution in [3.63, 3.8) is 0 Å². The van der Waals surface area contributed by atoms with Gasteiger partial charge in [-0.15, -0.1) is 0 Å². The van der Waals surface area contributed by atoms with Crippen LogP contribution >= 0.6 is 0 Å². The van der Waals surface area contributed by atoms with Gasteiger partial charge in [0.05, 0.1) is 0 Å². The van der Waals surface area contributed by atoms with Crippen LogP contribution < -0.4 is 10.6 Å². The van der Waals surface area contributed by atoms with Crippen molar-refractivity contribution in [1.82, 2.24) is 10.6 Å². The van der Waals surface area contributed by atoms with Gasteiger partial charge in [-0.3, -0.25) is 0 Å². The molecular weight excluding hydrogens is 172 g/mol. The van der Waals surface area contributed by atoms with Gasteiger partial charge in [-0.05, 0) is 53.1 Å². The van der Waals surface area contributed by atoms with Gasteiger partial charge in [-0.1, -0.05) is 13.8 Å². The van der Waals surface area contributed by atoms with Crippen LogP contribution in [0.2, 0.25) is 0 Å². The predicted molar refractivity (Wildman–Crippen MR) is 64.7 cm³/mol. The van der Waals surface area contributed by atoms with Gasteiger partial charge in [0.15, 0.2) is 0 Å². The normalized spacial score (nSPS) is 14.4. The molecule has 14 heavy (non-hydrogen) atoms. The number of rotatable bonds is 8. The summed E-state index contributed by atoms with van der Waals surface area (Å²) in [7, 11) is 0. The van der Waals surface area contributed by atoms with E-state index in [0.717, 1.165) is 13.1 Å². The minimum absolute atomic E-state index is 0.302. The van der Waals surface area contributed by atoms with Crippen LogP contribution in [0.15, 0.2) is 0 Å². The zero-order valence-corrected chi connectivity index (χ0v) is 10.6. The standard InChI is InChI=1S/C12H28N2/c1-6-11(3)13-9-8-10-14-12(4,5)7-2/h11,13-14H,6-10H2,1-5H3. The molecule has 0 amide bonds. The largest absolute Gasteiger partial charge is 0.314 e. The van der Waals surface area contributed by atoms with Crippen LogP contribution in [0.3, 0.4) is 0 Å². The first kappa shape index (κ1) is 13.9. The summed E-state index contributed by atoms with van der Waals surface area (Å²) in [6.45, 7) is 13.4. The van der Waals surface area contributed by atoms with Gasteiger partial charge in [0.25, 0.3) is 0 Å². The second-order valence-corrected chi connectivity index (χ2v) is 4.78. The fourth-order valence-corrected chi connectivity index (χ4v) is 1.13. The zero-order valence-electron chi connectivity index (χ0n) is 10.6. The molecule has 0 fully saturated rings. The van der Waals surface area contributed by atoms with Crippen LogP contribution in [0.5, 0.6) is 0 Å². The lowest BCUT2D eigenvalue weighted by Crippen LogP contribution is -2.40. The van der Waals surface area contributed by atoms with E-state index in [0.29, 0.717) is 11.6 Å². The Labute approximate surface area is 89.9 Å². The molecule has 0 aliphatic carbocycles. The van der Waals surface area contributed by atoms with Crippen molar-refractivity contribution in [3.8, 4) is 0 Å². The highest BCUT2D eigenvalue weighted by atomic mass is 15.0. The molecule has 1 atom stereocenters. The van der Waals surface area contributed by atoms with E-state index in [2.05, 4.69) is 45.3 Å². The third-order valence-electron chi connectivity index (χ3n) is 2.95. The van der Waals surface area contributed by atoms with Crippen molar-refractivity contribution in [2.24, 2.45) is 0 Å². The average Bonchev–Trinajstić information content (AvgIpc) is 2.17. The Morgan fingerprint density at radius 3 is 2.29 bits per heavy atom. The molecule has 0 heterocycles. The molecule has 0 aromatic heterocycles. The lowest BCUT2D eigenvalue weighted by molar-refractivity contribution is 0.370. The van der Waals surface area contributed by atoms with Crippen molar-refractivity contribution in [3.05, 3.63) is 0 Å². The Balaban J connectivity index is 3.30. The summed E-state index contributed by atoms with van der Waals surface area (Å²) in [6, 6.07) is 0.661. The summed E-state index contributed by atoms with van der Waals surface area (Å²) < 4.78 is 0. The molecular formula is C12H28N2. The van der Waals surface area contributed by atoms with Crippen LogP contribution in [0.4, 0.5) is 0 Å². The highest BCUT2D eigenvalue weighted by molar-refractivity contribution is 4.74. The maximum atomic E-state index is 3.56. The van der Waals surface area contributed by atoms with E-state index in [4.69, 9.17) is 0 Å². The first-order chi connectivity index (χ1) is 6.52. The molecule has 0 aliphatic heterocycles. The fourth-order valence-electron chi connectivity index (χ4n) is 1.13. The van der Waals surface area contributed by atoms with E-state index >= 15 is 0 Å². The second-order valence-electron chi connectivity index (χ2n) is 4.78. The smallest absolute Gasteiger partial charge is 0.0122 e. The Hall–Kier alpha value is -0.0800. The summed E-state index contributed by atoms with van der Waals surface area (Å²) in [4.78, 5) is 0. The number of hydrogen-bond acceptors (Lipinski definition) is 2. The summed E-state index contributed by atoms with van der Waals surface area (Å²) in [5, 5.41) is 7.06. The van der Waals surface area contributed by atoms with Crippen molar-refractivity contribution in [2.75, 3.05) is 13.1 Å². The molecule has 2 N–H and O–H groups in total. The molecule has 1 unspecified atom stereocenters. The van der Waals surface area contributed by atoms with Crippen LogP contribution in [0.1, 0.15) is 53.9 Å². The molecule has 0 saturated carbocycles. The lowest BCUT2D eigenvalue weighted by atomic mass is 10.0. The highest BCUT2D eigenvalue weighted by Gasteiger charge is 2.12. The van der Waals surface area contributed by atoms with Gasteiger partial charge in [-0.2, -0.15) is 0 Å². The molecule has 0 saturated heterocycles. The van der Waals surface area contributed by atoms with Gasteiger partial charge in [0.2, 0.25) is 0 Å². The summed E-state index contributed by atoms with van der Waals surface area (Å²) >= 11 is 0. The Morgan fingerprint density at radius 1 is 1.14 bits per heavy atom. The van der Waals surface area contributed by atoms with Gasteiger partial charge in [0, 0.05) is 11.6 Å². The highest BCUT2D eigenvalue weighted by Crippen LogP contribution is 2.05. The number of nitrogens with one attached hydrogen (secondary N) is 2. The average molecular weight is 200 g/mol. The molecule has 86 valence electrons. The van der Waals surface area contributed by atoms with E-state index in [1.165, 1.54) is 19.3 Å². The maximum Gasteiger partial charge on any atom is 0.0122 e. The minimum Gasteiger partial charge on any atom is -0.314 e. The molecule has 0 rings (SSSR count). The SMILES string of the molecule is CCC(C)NCCCNC(C)(C)CC. The van der Waals surface area contributed by atoms with Gasteiger partial charge in [-0.25, -0.2) is 0 Å². The second kappa shape index (κ2) is 7.24. The van der Waals surface area contributed by atoms with Crippen LogP contribution in [-0.4, -0.2) is 24.7 Å². The molecule has 0 aliphatic rings. The predicted octanol–water partition coefficient (Wildman–Crippen LogP) is 2.54. The molecule has 0 spiro atoms. The molecule has 0 radical (unpaired) electrons. The number of hydrogen-bond donors (Lipinski definition) is 2. The maximum absolute atomic E-state index is 3.56. The lowest BCUT2D eigenvalue weighted by Gasteiger charge is -2.24. The Kier molecular flexibility index (Phi) is 7.20. The van der Waals surface area contributed by atoms with E-state index in [1.54, 1.807) is 0 Å². The van der Waals surface area contributed by atoms with Gasteiger partial charge in [0.1, 0.15) is 0 Å². The van der Waals surface area contributed by atoms with Gasteiger partial charge < -0.3 is 10.6 Å². The van der Waals surface area contributed by atoms with Crippen LogP contribution in [-0.2, 0) is 0 Å². The molecule has 2 nitrogen and oxygen atoms in total. The Morgan fingerprint density at radius 2 is 1.79 bits per heavy atom. The Bertz CT molecular complexity index is 132. The zero-order chi connectivity index (χ0) is 11.0. The fraction of sp³-hybridized carbons (Fsp3) is 1.00. The van der Waals surface area contributed by atoms with Crippen molar-refractivity contribution < 1.29 is 0 Å². The van der Waals surface area contributed by atoms with E-state index in [-0.39, 0.29) is 0 Å². The van der Waals surface area contributed by atoms with Gasteiger partial charge >= 0.3 is 0 Å². The minimum atomic E-state index is 0.302. The van der Waals surface area contributed by atoms with E-state index < -0.39 is 0 Å². The first-order valence-corrected chi connectivity index (χ1v) is 6.00. The van der Waals surface area contributed by atoms with Crippen molar-refractivity contribution >= 4 is 0 Å². The molecule has 2 heteroatoms. The van der Waals surface area contributed by atoms with E-state index in [1.807, 2.05) is 0 Å². The third kappa shape index (κ3) is 7.34. The monoisotopic (exact) mass is 200 g/mol. The molecule has 0 aromatic rings. The summed E-state index contributed by atoms with van der Waals surface area (Å²) in [6.07, 6.45) is 3.62. The van der Waals surface area contributed by atoms with E-state index in [9.17, 15) is 0 Å².